The third-order valence-electron chi connectivity index (χ3n) is 5.99. The second-order valence-corrected chi connectivity index (χ2v) is 10.2. The molecule has 0 bridgehead atoms. The van der Waals surface area contributed by atoms with Crippen molar-refractivity contribution in [2.24, 2.45) is 0 Å². The van der Waals surface area contributed by atoms with Crippen LogP contribution >= 0.6 is 11.3 Å². The van der Waals surface area contributed by atoms with E-state index in [9.17, 15) is 9.59 Å². The van der Waals surface area contributed by atoms with Crippen molar-refractivity contribution in [1.29, 1.82) is 0 Å². The topological polar surface area (TPSA) is 105 Å². The van der Waals surface area contributed by atoms with Crippen molar-refractivity contribution in [2.75, 3.05) is 37.8 Å². The van der Waals surface area contributed by atoms with E-state index in [0.717, 1.165) is 28.1 Å². The lowest BCUT2D eigenvalue weighted by atomic mass is 10.1. The number of imidazole rings is 1. The van der Waals surface area contributed by atoms with Gasteiger partial charge in [0.15, 0.2) is 17.4 Å². The summed E-state index contributed by atoms with van der Waals surface area (Å²) in [5, 5.41) is 6.18. The Bertz CT molecular complexity index is 1580. The Kier molecular flexibility index (Phi) is 7.34. The zero-order chi connectivity index (χ0) is 26.6. The predicted octanol–water partition coefficient (Wildman–Crippen LogP) is 5.17. The van der Waals surface area contributed by atoms with E-state index in [4.69, 9.17) is 9.40 Å². The van der Waals surface area contributed by atoms with Gasteiger partial charge in [0.25, 0.3) is 5.91 Å². The maximum Gasteiger partial charge on any atom is 0.268 e. The Balaban J connectivity index is 1.36. The summed E-state index contributed by atoms with van der Waals surface area (Å²) in [5.41, 5.74) is 3.06. The molecular formula is C28H28N6O3S. The van der Waals surface area contributed by atoms with Gasteiger partial charge in [0.1, 0.15) is 0 Å². The summed E-state index contributed by atoms with van der Waals surface area (Å²) in [5.74, 6) is 1.44. The summed E-state index contributed by atoms with van der Waals surface area (Å²) in [6.45, 7) is 3.37. The molecule has 0 radical (unpaired) electrons. The van der Waals surface area contributed by atoms with E-state index < -0.39 is 0 Å². The number of benzene rings is 2. The number of amides is 1. The zero-order valence-electron chi connectivity index (χ0n) is 21.4. The number of carbonyl (C=O) groups is 2. The van der Waals surface area contributed by atoms with Crippen molar-refractivity contribution in [1.82, 2.24) is 19.4 Å². The Morgan fingerprint density at radius 1 is 1.08 bits per heavy atom. The van der Waals surface area contributed by atoms with Crippen LogP contribution in [0.1, 0.15) is 25.9 Å². The Morgan fingerprint density at radius 2 is 1.89 bits per heavy atom. The van der Waals surface area contributed by atoms with Crippen molar-refractivity contribution in [3.8, 4) is 10.6 Å². The standard InChI is InChI=1S/C28H28N6O3S/c1-18-29-17-24(37-18)25-11-12-26(38-25)27(36)32-28-31-21-15-20(9-10-22(21)34(28)14-13-33(2)3)30-16-23(35)19-7-5-4-6-8-19/h4-12,15,17,30H,13-14,16H2,1-3H3,(H,31,32,36). The van der Waals surface area contributed by atoms with E-state index in [-0.39, 0.29) is 18.2 Å². The highest BCUT2D eigenvalue weighted by atomic mass is 32.1. The van der Waals surface area contributed by atoms with Crippen molar-refractivity contribution < 1.29 is 14.0 Å². The number of hydrogen-bond donors (Lipinski definition) is 2. The van der Waals surface area contributed by atoms with E-state index in [1.807, 2.05) is 61.1 Å². The molecule has 194 valence electrons. The number of nitrogens with zero attached hydrogens (tertiary/aromatic N) is 4. The van der Waals surface area contributed by atoms with Gasteiger partial charge in [-0.3, -0.25) is 14.9 Å². The molecule has 10 heteroatoms. The number of ketones is 1. The number of hydrogen-bond acceptors (Lipinski definition) is 8. The van der Waals surface area contributed by atoms with Gasteiger partial charge >= 0.3 is 0 Å². The first kappa shape index (κ1) is 25.4. The number of aromatic nitrogens is 3. The molecular weight excluding hydrogens is 500 g/mol. The fourth-order valence-electron chi connectivity index (χ4n) is 4.00. The van der Waals surface area contributed by atoms with E-state index >= 15 is 0 Å². The van der Waals surface area contributed by atoms with Gasteiger partial charge in [-0.2, -0.15) is 0 Å². The third kappa shape index (κ3) is 5.66. The molecule has 0 saturated heterocycles. The van der Waals surface area contributed by atoms with Crippen LogP contribution in [0.4, 0.5) is 11.6 Å². The van der Waals surface area contributed by atoms with Gasteiger partial charge in [-0.1, -0.05) is 30.3 Å². The monoisotopic (exact) mass is 528 g/mol. The summed E-state index contributed by atoms with van der Waals surface area (Å²) < 4.78 is 7.59. The fraction of sp³-hybridized carbons (Fsp3) is 0.214. The van der Waals surface area contributed by atoms with Crippen LogP contribution in [0.15, 0.2) is 71.3 Å². The third-order valence-corrected chi connectivity index (χ3v) is 7.09. The molecule has 9 nitrogen and oxygen atoms in total. The first-order valence-electron chi connectivity index (χ1n) is 12.2. The van der Waals surface area contributed by atoms with Crippen molar-refractivity contribution in [3.05, 3.63) is 83.2 Å². The minimum Gasteiger partial charge on any atom is -0.440 e. The number of rotatable bonds is 10. The Labute approximate surface area is 224 Å². The SMILES string of the molecule is Cc1ncc(-c2ccc(C(=O)Nc3nc4cc(NCC(=O)c5ccccc5)ccc4n3CCN(C)C)s2)o1. The molecule has 0 unspecified atom stereocenters. The maximum atomic E-state index is 13.1. The zero-order valence-corrected chi connectivity index (χ0v) is 22.2. The van der Waals surface area contributed by atoms with Gasteiger partial charge < -0.3 is 19.2 Å². The molecule has 0 spiro atoms. The number of likely N-dealkylation sites (N-methyl/N-ethyl adjacent to an activating group) is 1. The highest BCUT2D eigenvalue weighted by Crippen LogP contribution is 2.30. The van der Waals surface area contributed by atoms with E-state index in [1.54, 1.807) is 31.3 Å². The molecule has 0 aliphatic heterocycles. The van der Waals surface area contributed by atoms with Crippen LogP contribution in [0.2, 0.25) is 0 Å². The number of carbonyl (C=O) groups excluding carboxylic acids is 2. The molecule has 3 aromatic heterocycles. The van der Waals surface area contributed by atoms with Gasteiger partial charge in [-0.25, -0.2) is 9.97 Å². The summed E-state index contributed by atoms with van der Waals surface area (Å²) in [6, 6.07) is 18.6. The summed E-state index contributed by atoms with van der Waals surface area (Å²) in [4.78, 5) is 38.0. The highest BCUT2D eigenvalue weighted by molar-refractivity contribution is 7.17. The minimum atomic E-state index is -0.245. The quantitative estimate of drug-likeness (QED) is 0.241. The van der Waals surface area contributed by atoms with Crippen molar-refractivity contribution >= 4 is 45.7 Å². The van der Waals surface area contributed by atoms with Crippen LogP contribution in [0, 0.1) is 6.92 Å². The number of thiophene rings is 1. The van der Waals surface area contributed by atoms with Crippen LogP contribution < -0.4 is 10.6 Å². The average Bonchev–Trinajstić information content (AvgIpc) is 3.64. The fourth-order valence-corrected chi connectivity index (χ4v) is 4.85. The maximum absolute atomic E-state index is 13.1. The minimum absolute atomic E-state index is 0.00553. The molecule has 5 rings (SSSR count). The lowest BCUT2D eigenvalue weighted by Gasteiger charge is -2.13. The molecule has 0 fully saturated rings. The molecule has 0 aliphatic rings. The van der Waals surface area contributed by atoms with Crippen LogP contribution in [-0.4, -0.2) is 58.3 Å². The number of Topliss-reactive ketones (excluding diaryl/α,β-unsaturated/α-hetero) is 1. The van der Waals surface area contributed by atoms with E-state index in [2.05, 4.69) is 20.5 Å². The molecule has 0 saturated carbocycles. The Morgan fingerprint density at radius 3 is 2.63 bits per heavy atom. The van der Waals surface area contributed by atoms with Gasteiger partial charge in [-0.05, 0) is 44.4 Å². The number of oxazole rings is 1. The number of aryl methyl sites for hydroxylation is 1. The second kappa shape index (κ2) is 11.0. The number of fused-ring (bicyclic) bond motifs is 1. The van der Waals surface area contributed by atoms with Gasteiger partial charge in [0, 0.05) is 31.3 Å². The van der Waals surface area contributed by atoms with Crippen LogP contribution in [0.25, 0.3) is 21.7 Å². The first-order chi connectivity index (χ1) is 18.4. The molecule has 0 atom stereocenters. The van der Waals surface area contributed by atoms with Gasteiger partial charge in [0.05, 0.1) is 33.5 Å². The summed E-state index contributed by atoms with van der Waals surface area (Å²) in [6.07, 6.45) is 1.66. The molecule has 38 heavy (non-hydrogen) atoms. The van der Waals surface area contributed by atoms with Crippen molar-refractivity contribution in [2.45, 2.75) is 13.5 Å². The lowest BCUT2D eigenvalue weighted by molar-refractivity contribution is 0.100. The van der Waals surface area contributed by atoms with Crippen LogP contribution in [0.5, 0.6) is 0 Å². The Hall–Kier alpha value is -4.28. The van der Waals surface area contributed by atoms with Gasteiger partial charge in [0.2, 0.25) is 5.95 Å². The predicted molar refractivity (Wildman–Crippen MR) is 150 cm³/mol. The molecule has 5 aromatic rings. The van der Waals surface area contributed by atoms with Crippen LogP contribution in [-0.2, 0) is 6.54 Å². The average molecular weight is 529 g/mol. The van der Waals surface area contributed by atoms with E-state index in [0.29, 0.717) is 34.6 Å². The first-order valence-corrected chi connectivity index (χ1v) is 13.0. The van der Waals surface area contributed by atoms with Crippen LogP contribution in [0.3, 0.4) is 0 Å². The smallest absolute Gasteiger partial charge is 0.268 e. The normalized spacial score (nSPS) is 11.3. The largest absolute Gasteiger partial charge is 0.440 e. The lowest BCUT2D eigenvalue weighted by Crippen LogP contribution is -2.21. The van der Waals surface area contributed by atoms with Gasteiger partial charge in [-0.15, -0.1) is 11.3 Å². The number of anilines is 2. The molecule has 3 heterocycles. The number of nitrogens with one attached hydrogen (secondary N) is 2. The molecule has 2 aromatic carbocycles. The highest BCUT2D eigenvalue weighted by Gasteiger charge is 2.18. The summed E-state index contributed by atoms with van der Waals surface area (Å²) in [7, 11) is 4.00. The molecule has 2 N–H and O–H groups in total. The molecule has 0 aliphatic carbocycles. The summed E-state index contributed by atoms with van der Waals surface area (Å²) >= 11 is 1.33. The van der Waals surface area contributed by atoms with E-state index in [1.165, 1.54) is 11.3 Å². The van der Waals surface area contributed by atoms with Crippen molar-refractivity contribution in [3.63, 3.8) is 0 Å². The second-order valence-electron chi connectivity index (χ2n) is 9.10. The molecule has 1 amide bonds.